The summed E-state index contributed by atoms with van der Waals surface area (Å²) < 4.78 is 0. The molecule has 0 spiro atoms. The van der Waals surface area contributed by atoms with Gasteiger partial charge in [0.1, 0.15) is 0 Å². The van der Waals surface area contributed by atoms with E-state index in [-0.39, 0.29) is 30.7 Å². The van der Waals surface area contributed by atoms with Crippen molar-refractivity contribution in [2.45, 2.75) is 58.5 Å². The predicted octanol–water partition coefficient (Wildman–Crippen LogP) is 4.16. The number of nitrogens with one attached hydrogen (secondary N) is 2. The molecule has 0 atom stereocenters. The lowest BCUT2D eigenvalue weighted by atomic mass is 9.93. The summed E-state index contributed by atoms with van der Waals surface area (Å²) in [6.07, 6.45) is 6.74. The highest BCUT2D eigenvalue weighted by atomic mass is 35.5. The van der Waals surface area contributed by atoms with Gasteiger partial charge in [-0.1, -0.05) is 31.2 Å². The monoisotopic (exact) mass is 429 g/mol. The van der Waals surface area contributed by atoms with Gasteiger partial charge in [-0.3, -0.25) is 9.69 Å². The van der Waals surface area contributed by atoms with Crippen LogP contribution in [-0.2, 0) is 17.9 Å². The fourth-order valence-electron chi connectivity index (χ4n) is 4.11. The van der Waals surface area contributed by atoms with Gasteiger partial charge in [0.25, 0.3) is 0 Å². The Balaban J connectivity index is 0.00000196. The summed E-state index contributed by atoms with van der Waals surface area (Å²) in [6.45, 7) is 8.66. The van der Waals surface area contributed by atoms with Gasteiger partial charge in [0.15, 0.2) is 0 Å². The molecule has 2 heterocycles. The van der Waals surface area contributed by atoms with Gasteiger partial charge in [-0.2, -0.15) is 0 Å². The second-order valence-corrected chi connectivity index (χ2v) is 8.29. The highest BCUT2D eigenvalue weighted by Crippen LogP contribution is 2.19. The maximum absolute atomic E-state index is 12.2. The zero-order valence-corrected chi connectivity index (χ0v) is 18.8. The fraction of sp³-hybridized carbons (Fsp3) is 0.682. The molecule has 0 saturated carbocycles. The van der Waals surface area contributed by atoms with Crippen LogP contribution in [0.4, 0.5) is 0 Å². The van der Waals surface area contributed by atoms with E-state index >= 15 is 0 Å². The smallest absolute Gasteiger partial charge is 0.220 e. The molecule has 2 N–H and O–H groups in total. The van der Waals surface area contributed by atoms with Crippen LogP contribution in [0.25, 0.3) is 0 Å². The topological polar surface area (TPSA) is 44.4 Å². The van der Waals surface area contributed by atoms with Crippen LogP contribution < -0.4 is 10.6 Å². The fourth-order valence-corrected chi connectivity index (χ4v) is 4.11. The molecule has 2 aliphatic rings. The molecule has 0 aliphatic carbocycles. The number of carbonyl (C=O) groups is 1. The van der Waals surface area contributed by atoms with E-state index in [0.717, 1.165) is 37.9 Å². The number of benzene rings is 1. The minimum atomic E-state index is 0. The number of nitrogens with zero attached hydrogens (tertiary/aromatic N) is 1. The molecule has 0 radical (unpaired) electrons. The van der Waals surface area contributed by atoms with Crippen molar-refractivity contribution in [2.75, 3.05) is 26.2 Å². The summed E-state index contributed by atoms with van der Waals surface area (Å²) in [7, 11) is 0. The molecule has 4 nitrogen and oxygen atoms in total. The third kappa shape index (κ3) is 8.69. The van der Waals surface area contributed by atoms with E-state index < -0.39 is 0 Å². The highest BCUT2D eigenvalue weighted by Gasteiger charge is 2.16. The maximum Gasteiger partial charge on any atom is 0.220 e. The summed E-state index contributed by atoms with van der Waals surface area (Å²) in [5.41, 5.74) is 2.57. The summed E-state index contributed by atoms with van der Waals surface area (Å²) in [5, 5.41) is 6.49. The van der Waals surface area contributed by atoms with Crippen LogP contribution in [0.2, 0.25) is 0 Å². The SMILES string of the molecule is CC1CCN(Cc2cccc(CNC(=O)CCC3CCNCC3)c2)CC1.Cl.Cl. The third-order valence-electron chi connectivity index (χ3n) is 6.00. The van der Waals surface area contributed by atoms with Crippen LogP contribution in [0, 0.1) is 11.8 Å². The van der Waals surface area contributed by atoms with Gasteiger partial charge >= 0.3 is 0 Å². The van der Waals surface area contributed by atoms with Crippen molar-refractivity contribution in [2.24, 2.45) is 11.8 Å². The Morgan fingerprint density at radius 2 is 1.79 bits per heavy atom. The van der Waals surface area contributed by atoms with Gasteiger partial charge in [-0.15, -0.1) is 24.8 Å². The Morgan fingerprint density at radius 3 is 2.50 bits per heavy atom. The van der Waals surface area contributed by atoms with Gasteiger partial charge in [-0.05, 0) is 81.2 Å². The Labute approximate surface area is 183 Å². The first kappa shape index (κ1) is 25.2. The van der Waals surface area contributed by atoms with Crippen LogP contribution in [0.15, 0.2) is 24.3 Å². The minimum absolute atomic E-state index is 0. The first-order valence-electron chi connectivity index (χ1n) is 10.5. The van der Waals surface area contributed by atoms with Crippen molar-refractivity contribution in [3.63, 3.8) is 0 Å². The average molecular weight is 430 g/mol. The van der Waals surface area contributed by atoms with Crippen molar-refractivity contribution in [1.29, 1.82) is 0 Å². The van der Waals surface area contributed by atoms with Crippen molar-refractivity contribution in [1.82, 2.24) is 15.5 Å². The van der Waals surface area contributed by atoms with E-state index in [9.17, 15) is 4.79 Å². The summed E-state index contributed by atoms with van der Waals surface area (Å²) >= 11 is 0. The second kappa shape index (κ2) is 13.4. The molecule has 1 aromatic rings. The van der Waals surface area contributed by atoms with E-state index in [1.54, 1.807) is 0 Å². The lowest BCUT2D eigenvalue weighted by Gasteiger charge is -2.30. The Bertz CT molecular complexity index is 571. The number of hydrogen-bond donors (Lipinski definition) is 2. The number of amides is 1. The summed E-state index contributed by atoms with van der Waals surface area (Å²) in [4.78, 5) is 14.7. The lowest BCUT2D eigenvalue weighted by Crippen LogP contribution is -2.32. The van der Waals surface area contributed by atoms with Crippen molar-refractivity contribution in [3.05, 3.63) is 35.4 Å². The zero-order chi connectivity index (χ0) is 18.2. The van der Waals surface area contributed by atoms with Gasteiger partial charge in [0, 0.05) is 19.5 Å². The zero-order valence-electron chi connectivity index (χ0n) is 17.1. The highest BCUT2D eigenvalue weighted by molar-refractivity contribution is 5.85. The average Bonchev–Trinajstić information content (AvgIpc) is 2.68. The molecular formula is C22H37Cl2N3O. The number of halogens is 2. The van der Waals surface area contributed by atoms with Crippen molar-refractivity contribution >= 4 is 30.7 Å². The standard InChI is InChI=1S/C22H35N3O.2ClH/c1-18-9-13-25(14-10-18)17-21-4-2-3-20(15-21)16-24-22(26)6-5-19-7-11-23-12-8-19;;/h2-4,15,18-19,23H,5-14,16-17H2,1H3,(H,24,26);2*1H. The molecule has 0 bridgehead atoms. The van der Waals surface area contributed by atoms with E-state index in [2.05, 4.69) is 46.7 Å². The number of carbonyl (C=O) groups excluding carboxylic acids is 1. The Morgan fingerprint density at radius 1 is 1.11 bits per heavy atom. The Hall–Kier alpha value is -0.810. The molecule has 2 aliphatic heterocycles. The molecule has 2 saturated heterocycles. The largest absolute Gasteiger partial charge is 0.352 e. The van der Waals surface area contributed by atoms with Crippen LogP contribution in [0.3, 0.4) is 0 Å². The van der Waals surface area contributed by atoms with Crippen molar-refractivity contribution in [3.8, 4) is 0 Å². The van der Waals surface area contributed by atoms with Crippen LogP contribution in [0.1, 0.15) is 56.6 Å². The molecule has 0 aromatic heterocycles. The predicted molar refractivity (Wildman–Crippen MR) is 121 cm³/mol. The summed E-state index contributed by atoms with van der Waals surface area (Å²) in [5.74, 6) is 1.79. The molecular weight excluding hydrogens is 393 g/mol. The number of hydrogen-bond acceptors (Lipinski definition) is 3. The van der Waals surface area contributed by atoms with E-state index in [1.165, 1.54) is 49.9 Å². The molecule has 2 fully saturated rings. The van der Waals surface area contributed by atoms with Crippen molar-refractivity contribution < 1.29 is 4.79 Å². The van der Waals surface area contributed by atoms with Gasteiger partial charge in [0.2, 0.25) is 5.91 Å². The first-order valence-corrected chi connectivity index (χ1v) is 10.5. The first-order chi connectivity index (χ1) is 12.7. The summed E-state index contributed by atoms with van der Waals surface area (Å²) in [6, 6.07) is 8.71. The minimum Gasteiger partial charge on any atom is -0.352 e. The third-order valence-corrected chi connectivity index (χ3v) is 6.00. The number of piperidine rings is 2. The quantitative estimate of drug-likeness (QED) is 0.683. The molecule has 6 heteroatoms. The van der Waals surface area contributed by atoms with Gasteiger partial charge in [0.05, 0.1) is 0 Å². The molecule has 160 valence electrons. The van der Waals surface area contributed by atoms with Gasteiger partial charge < -0.3 is 10.6 Å². The molecule has 28 heavy (non-hydrogen) atoms. The van der Waals surface area contributed by atoms with E-state index in [1.807, 2.05) is 0 Å². The normalized spacial score (nSPS) is 18.8. The van der Waals surface area contributed by atoms with Crippen LogP contribution >= 0.6 is 24.8 Å². The molecule has 1 aromatic carbocycles. The number of likely N-dealkylation sites (tertiary alicyclic amines) is 1. The number of rotatable bonds is 7. The maximum atomic E-state index is 12.2. The van der Waals surface area contributed by atoms with E-state index in [4.69, 9.17) is 0 Å². The molecule has 0 unspecified atom stereocenters. The lowest BCUT2D eigenvalue weighted by molar-refractivity contribution is -0.121. The van der Waals surface area contributed by atoms with E-state index in [0.29, 0.717) is 13.0 Å². The molecule has 1 amide bonds. The molecule has 3 rings (SSSR count). The van der Waals surface area contributed by atoms with Crippen LogP contribution in [-0.4, -0.2) is 37.0 Å². The second-order valence-electron chi connectivity index (χ2n) is 8.29. The van der Waals surface area contributed by atoms with Gasteiger partial charge in [-0.25, -0.2) is 0 Å². The Kier molecular flexibility index (Phi) is 12.1. The van der Waals surface area contributed by atoms with Crippen LogP contribution in [0.5, 0.6) is 0 Å².